The van der Waals surface area contributed by atoms with E-state index in [9.17, 15) is 13.2 Å². The summed E-state index contributed by atoms with van der Waals surface area (Å²) in [6, 6.07) is 1.08. The quantitative estimate of drug-likeness (QED) is 0.835. The number of carbonyl (C=O) groups is 1. The first-order valence-electron chi connectivity index (χ1n) is 5.88. The molecule has 1 heterocycles. The van der Waals surface area contributed by atoms with Gasteiger partial charge in [0.25, 0.3) is 0 Å². The number of hydrogen-bond acceptors (Lipinski definition) is 4. The highest BCUT2D eigenvalue weighted by Gasteiger charge is 2.23. The predicted molar refractivity (Wildman–Crippen MR) is 73.0 cm³/mol. The van der Waals surface area contributed by atoms with Crippen LogP contribution >= 0.6 is 11.3 Å². The van der Waals surface area contributed by atoms with Crippen LogP contribution in [0.15, 0.2) is 28.0 Å². The number of hydrogen-bond donors (Lipinski definition) is 2. The minimum atomic E-state index is -3.62. The van der Waals surface area contributed by atoms with Crippen LogP contribution in [0.2, 0.25) is 0 Å². The zero-order valence-electron chi connectivity index (χ0n) is 10.4. The average Bonchev–Trinajstić information content (AvgIpc) is 2.82. The number of sulfonamides is 1. The van der Waals surface area contributed by atoms with Crippen molar-refractivity contribution in [3.8, 4) is 0 Å². The summed E-state index contributed by atoms with van der Waals surface area (Å²) in [5, 5.41) is 10.2. The summed E-state index contributed by atoms with van der Waals surface area (Å²) in [6.07, 6.45) is 4.38. The second-order valence-electron chi connectivity index (χ2n) is 4.59. The van der Waals surface area contributed by atoms with Crippen molar-refractivity contribution in [2.45, 2.75) is 37.1 Å². The van der Waals surface area contributed by atoms with Crippen LogP contribution in [0.4, 0.5) is 0 Å². The third kappa shape index (κ3) is 3.43. The second kappa shape index (κ2) is 5.44. The van der Waals surface area contributed by atoms with Crippen molar-refractivity contribution in [1.29, 1.82) is 0 Å². The summed E-state index contributed by atoms with van der Waals surface area (Å²) in [6.45, 7) is 2.03. The maximum absolute atomic E-state index is 12.1. The highest BCUT2D eigenvalue weighted by atomic mass is 32.2. The lowest BCUT2D eigenvalue weighted by Gasteiger charge is -2.21. The van der Waals surface area contributed by atoms with Gasteiger partial charge in [-0.05, 0) is 32.3 Å². The first kappa shape index (κ1) is 14.2. The molecule has 1 aromatic heterocycles. The molecule has 1 aromatic rings. The Morgan fingerprint density at radius 2 is 2.26 bits per heavy atom. The SMILES string of the molecule is CC1=CCC(NS(=O)(=O)c2csc(C(=O)O)c2)CC1. The zero-order valence-corrected chi connectivity index (χ0v) is 12.1. The molecular weight excluding hydrogens is 286 g/mol. The minimum absolute atomic E-state index is 0.0276. The van der Waals surface area contributed by atoms with Crippen molar-refractivity contribution in [2.75, 3.05) is 0 Å². The molecule has 5 nitrogen and oxygen atoms in total. The number of thiophene rings is 1. The summed E-state index contributed by atoms with van der Waals surface area (Å²) in [5.41, 5.74) is 1.28. The number of carboxylic acid groups (broad SMARTS) is 1. The van der Waals surface area contributed by atoms with Crippen LogP contribution in [0, 0.1) is 0 Å². The molecule has 1 unspecified atom stereocenters. The Kier molecular flexibility index (Phi) is 4.07. The van der Waals surface area contributed by atoms with E-state index in [4.69, 9.17) is 5.11 Å². The minimum Gasteiger partial charge on any atom is -0.477 e. The van der Waals surface area contributed by atoms with E-state index in [0.717, 1.165) is 24.2 Å². The fourth-order valence-electron chi connectivity index (χ4n) is 1.93. The molecule has 0 aromatic carbocycles. The van der Waals surface area contributed by atoms with Gasteiger partial charge in [-0.15, -0.1) is 11.3 Å². The van der Waals surface area contributed by atoms with Crippen LogP contribution in [-0.2, 0) is 10.0 Å². The summed E-state index contributed by atoms with van der Waals surface area (Å²) >= 11 is 0.916. The number of carboxylic acids is 1. The smallest absolute Gasteiger partial charge is 0.345 e. The predicted octanol–water partition coefficient (Wildman–Crippen LogP) is 2.22. The molecular formula is C12H15NO4S2. The standard InChI is InChI=1S/C12H15NO4S2/c1-8-2-4-9(5-3-8)13-19(16,17)10-6-11(12(14)15)18-7-10/h2,6-7,9,13H,3-5H2,1H3,(H,14,15). The monoisotopic (exact) mass is 301 g/mol. The fourth-order valence-corrected chi connectivity index (χ4v) is 4.33. The molecule has 1 aliphatic rings. The van der Waals surface area contributed by atoms with Crippen molar-refractivity contribution >= 4 is 27.3 Å². The van der Waals surface area contributed by atoms with Gasteiger partial charge in [0.15, 0.2) is 0 Å². The van der Waals surface area contributed by atoms with Gasteiger partial charge in [0.2, 0.25) is 10.0 Å². The molecule has 0 amide bonds. The summed E-state index contributed by atoms with van der Waals surface area (Å²) < 4.78 is 26.8. The maximum atomic E-state index is 12.1. The molecule has 0 bridgehead atoms. The Balaban J connectivity index is 2.11. The van der Waals surface area contributed by atoms with Gasteiger partial charge in [-0.1, -0.05) is 11.6 Å². The molecule has 0 saturated heterocycles. The highest BCUT2D eigenvalue weighted by Crippen LogP contribution is 2.22. The van der Waals surface area contributed by atoms with Gasteiger partial charge >= 0.3 is 5.97 Å². The number of allylic oxidation sites excluding steroid dienone is 1. The third-order valence-corrected chi connectivity index (χ3v) is 5.62. The van der Waals surface area contributed by atoms with Gasteiger partial charge in [0.1, 0.15) is 4.88 Å². The zero-order chi connectivity index (χ0) is 14.0. The normalized spacial score (nSPS) is 20.1. The van der Waals surface area contributed by atoms with E-state index < -0.39 is 16.0 Å². The molecule has 1 aliphatic carbocycles. The molecule has 0 fully saturated rings. The lowest BCUT2D eigenvalue weighted by molar-refractivity contribution is 0.0702. The van der Waals surface area contributed by atoms with Crippen LogP contribution in [0.5, 0.6) is 0 Å². The van der Waals surface area contributed by atoms with E-state index >= 15 is 0 Å². The average molecular weight is 301 g/mol. The number of nitrogens with one attached hydrogen (secondary N) is 1. The molecule has 19 heavy (non-hydrogen) atoms. The van der Waals surface area contributed by atoms with Crippen molar-refractivity contribution in [3.63, 3.8) is 0 Å². The summed E-state index contributed by atoms with van der Waals surface area (Å²) in [7, 11) is -3.62. The Labute approximate surface area is 116 Å². The van der Waals surface area contributed by atoms with Crippen molar-refractivity contribution in [1.82, 2.24) is 4.72 Å². The van der Waals surface area contributed by atoms with Crippen LogP contribution < -0.4 is 4.72 Å². The third-order valence-electron chi connectivity index (χ3n) is 3.06. The lowest BCUT2D eigenvalue weighted by atomic mass is 9.97. The molecule has 7 heteroatoms. The lowest BCUT2D eigenvalue weighted by Crippen LogP contribution is -2.35. The molecule has 104 valence electrons. The van der Waals surface area contributed by atoms with Gasteiger partial charge < -0.3 is 5.11 Å². The molecule has 1 atom stereocenters. The molecule has 0 spiro atoms. The first-order chi connectivity index (χ1) is 8.88. The molecule has 2 N–H and O–H groups in total. The van der Waals surface area contributed by atoms with Gasteiger partial charge in [-0.3, -0.25) is 0 Å². The summed E-state index contributed by atoms with van der Waals surface area (Å²) in [5.74, 6) is -1.11. The number of rotatable bonds is 4. The van der Waals surface area contributed by atoms with Crippen LogP contribution in [0.25, 0.3) is 0 Å². The van der Waals surface area contributed by atoms with E-state index in [0.29, 0.717) is 6.42 Å². The van der Waals surface area contributed by atoms with Gasteiger partial charge in [0.05, 0.1) is 4.90 Å². The second-order valence-corrected chi connectivity index (χ2v) is 7.22. The summed E-state index contributed by atoms with van der Waals surface area (Å²) in [4.78, 5) is 10.8. The van der Waals surface area contributed by atoms with E-state index in [1.165, 1.54) is 17.0 Å². The van der Waals surface area contributed by atoms with E-state index in [1.54, 1.807) is 0 Å². The van der Waals surface area contributed by atoms with E-state index in [2.05, 4.69) is 4.72 Å². The Bertz CT molecular complexity index is 615. The van der Waals surface area contributed by atoms with E-state index in [1.807, 2.05) is 13.0 Å². The molecule has 0 saturated carbocycles. The highest BCUT2D eigenvalue weighted by molar-refractivity contribution is 7.89. The van der Waals surface area contributed by atoms with Gasteiger partial charge in [-0.2, -0.15) is 0 Å². The van der Waals surface area contributed by atoms with Gasteiger partial charge in [0, 0.05) is 11.4 Å². The molecule has 0 radical (unpaired) electrons. The molecule has 0 aliphatic heterocycles. The Morgan fingerprint density at radius 1 is 1.53 bits per heavy atom. The van der Waals surface area contributed by atoms with Crippen molar-refractivity contribution in [2.24, 2.45) is 0 Å². The van der Waals surface area contributed by atoms with E-state index in [-0.39, 0.29) is 15.8 Å². The van der Waals surface area contributed by atoms with Crippen LogP contribution in [0.1, 0.15) is 35.9 Å². The Hall–Kier alpha value is -1.18. The largest absolute Gasteiger partial charge is 0.477 e. The van der Waals surface area contributed by atoms with Crippen molar-refractivity contribution in [3.05, 3.63) is 28.0 Å². The first-order valence-corrected chi connectivity index (χ1v) is 8.24. The van der Waals surface area contributed by atoms with Gasteiger partial charge in [-0.25, -0.2) is 17.9 Å². The van der Waals surface area contributed by atoms with Crippen LogP contribution in [-0.4, -0.2) is 25.5 Å². The molecule has 2 rings (SSSR count). The van der Waals surface area contributed by atoms with Crippen LogP contribution in [0.3, 0.4) is 0 Å². The van der Waals surface area contributed by atoms with Crippen molar-refractivity contribution < 1.29 is 18.3 Å². The fraction of sp³-hybridized carbons (Fsp3) is 0.417. The number of aromatic carboxylic acids is 1. The Morgan fingerprint density at radius 3 is 2.79 bits per heavy atom. The maximum Gasteiger partial charge on any atom is 0.345 e. The topological polar surface area (TPSA) is 83.5 Å².